The van der Waals surface area contributed by atoms with Gasteiger partial charge in [0.15, 0.2) is 11.7 Å². The summed E-state index contributed by atoms with van der Waals surface area (Å²) in [5.41, 5.74) is 1.45. The molecule has 2 aromatic rings. The van der Waals surface area contributed by atoms with E-state index >= 15 is 0 Å². The lowest BCUT2D eigenvalue weighted by atomic mass is 10.1. The average Bonchev–Trinajstić information content (AvgIpc) is 3.05. The predicted octanol–water partition coefficient (Wildman–Crippen LogP) is 3.09. The van der Waals surface area contributed by atoms with Crippen LogP contribution in [0.15, 0.2) is 34.6 Å². The molecule has 0 bridgehead atoms. The third-order valence-corrected chi connectivity index (χ3v) is 4.30. The van der Waals surface area contributed by atoms with Crippen molar-refractivity contribution in [3.05, 3.63) is 51.5 Å². The predicted molar refractivity (Wildman–Crippen MR) is 98.0 cm³/mol. The molecule has 0 saturated carbocycles. The Kier molecular flexibility index (Phi) is 6.98. The second kappa shape index (κ2) is 9.00. The van der Waals surface area contributed by atoms with Crippen LogP contribution in [0.1, 0.15) is 21.8 Å². The van der Waals surface area contributed by atoms with E-state index < -0.39 is 11.9 Å². The van der Waals surface area contributed by atoms with Gasteiger partial charge in [-0.1, -0.05) is 24.3 Å². The maximum atomic E-state index is 12.6. The number of halogens is 3. The van der Waals surface area contributed by atoms with Crippen LogP contribution >= 0.6 is 11.3 Å². The van der Waals surface area contributed by atoms with Crippen molar-refractivity contribution in [1.29, 1.82) is 0 Å². The maximum absolute atomic E-state index is 12.6. The monoisotopic (exact) mass is 385 g/mol. The molecule has 1 aromatic heterocycles. The first kappa shape index (κ1) is 20.2. The number of nitrogens with zero attached hydrogens (tertiary/aromatic N) is 3. The lowest BCUT2D eigenvalue weighted by Crippen LogP contribution is -2.36. The first-order chi connectivity index (χ1) is 12.3. The van der Waals surface area contributed by atoms with E-state index in [-0.39, 0.29) is 6.54 Å². The smallest absolute Gasteiger partial charge is 0.352 e. The Morgan fingerprint density at radius 3 is 2.27 bits per heavy atom. The minimum Gasteiger partial charge on any atom is -0.352 e. The summed E-state index contributed by atoms with van der Waals surface area (Å²) < 4.78 is 37.7. The van der Waals surface area contributed by atoms with Gasteiger partial charge in [-0.15, -0.1) is 11.3 Å². The molecule has 1 aromatic carbocycles. The van der Waals surface area contributed by atoms with Gasteiger partial charge in [-0.3, -0.25) is 4.99 Å². The van der Waals surface area contributed by atoms with Crippen LogP contribution < -0.4 is 10.6 Å². The van der Waals surface area contributed by atoms with E-state index in [1.165, 1.54) is 5.56 Å². The molecule has 1 heterocycles. The van der Waals surface area contributed by atoms with Crippen molar-refractivity contribution in [2.24, 2.45) is 4.99 Å². The highest BCUT2D eigenvalue weighted by Crippen LogP contribution is 2.29. The van der Waals surface area contributed by atoms with Crippen molar-refractivity contribution in [1.82, 2.24) is 20.5 Å². The minimum atomic E-state index is -4.41. The fourth-order valence-electron chi connectivity index (χ4n) is 2.22. The van der Waals surface area contributed by atoms with Gasteiger partial charge in [-0.25, -0.2) is 4.98 Å². The van der Waals surface area contributed by atoms with Crippen LogP contribution in [0.3, 0.4) is 0 Å². The molecule has 0 fully saturated rings. The summed E-state index contributed by atoms with van der Waals surface area (Å²) in [5, 5.41) is 7.48. The maximum Gasteiger partial charge on any atom is 0.434 e. The van der Waals surface area contributed by atoms with Gasteiger partial charge in [0, 0.05) is 25.5 Å². The van der Waals surface area contributed by atoms with Crippen LogP contribution in [-0.4, -0.2) is 37.0 Å². The average molecular weight is 385 g/mol. The lowest BCUT2D eigenvalue weighted by Gasteiger charge is -2.12. The van der Waals surface area contributed by atoms with Crippen molar-refractivity contribution >= 4 is 17.3 Å². The molecule has 0 amide bonds. The first-order valence-electron chi connectivity index (χ1n) is 7.96. The molecule has 0 aliphatic rings. The molecule has 26 heavy (non-hydrogen) atoms. The number of aliphatic imine (C=N–C) groups is 1. The van der Waals surface area contributed by atoms with Gasteiger partial charge >= 0.3 is 6.18 Å². The Morgan fingerprint density at radius 2 is 1.73 bits per heavy atom. The van der Waals surface area contributed by atoms with Crippen molar-refractivity contribution < 1.29 is 13.2 Å². The van der Waals surface area contributed by atoms with Crippen LogP contribution in [0.5, 0.6) is 0 Å². The molecule has 0 aliphatic carbocycles. The second-order valence-corrected chi connectivity index (χ2v) is 6.90. The molecule has 0 atom stereocenters. The zero-order valence-corrected chi connectivity index (χ0v) is 15.7. The Morgan fingerprint density at radius 1 is 1.12 bits per heavy atom. The molecule has 0 aliphatic heterocycles. The van der Waals surface area contributed by atoms with E-state index in [1.807, 2.05) is 26.2 Å². The summed E-state index contributed by atoms with van der Waals surface area (Å²) in [5.74, 6) is 0.506. The Labute approximate surface area is 155 Å². The molecule has 2 rings (SSSR count). The number of benzene rings is 1. The zero-order valence-electron chi connectivity index (χ0n) is 14.9. The lowest BCUT2D eigenvalue weighted by molar-refractivity contribution is -0.140. The molecule has 0 saturated heterocycles. The van der Waals surface area contributed by atoms with E-state index in [1.54, 1.807) is 7.05 Å². The number of rotatable bonds is 6. The normalized spacial score (nSPS) is 12.5. The van der Waals surface area contributed by atoms with Crippen LogP contribution in [0.4, 0.5) is 13.2 Å². The quantitative estimate of drug-likeness (QED) is 0.593. The number of hydrogen-bond donors (Lipinski definition) is 2. The molecular weight excluding hydrogens is 363 g/mol. The molecule has 0 radical (unpaired) electrons. The highest BCUT2D eigenvalue weighted by Gasteiger charge is 2.33. The molecule has 0 spiro atoms. The van der Waals surface area contributed by atoms with Gasteiger partial charge in [0.25, 0.3) is 0 Å². The Balaban J connectivity index is 1.83. The van der Waals surface area contributed by atoms with Crippen molar-refractivity contribution in [2.45, 2.75) is 25.8 Å². The molecular formula is C17H22F3N5S. The fourth-order valence-corrected chi connectivity index (χ4v) is 2.96. The molecule has 5 nitrogen and oxygen atoms in total. The Bertz CT molecular complexity index is 723. The number of aromatic nitrogens is 1. The highest BCUT2D eigenvalue weighted by molar-refractivity contribution is 7.09. The number of guanidine groups is 1. The summed E-state index contributed by atoms with van der Waals surface area (Å²) in [7, 11) is 5.65. The SMILES string of the molecule is CN=C(NCc1ccc(CN(C)C)cc1)NCc1nc(C(F)(F)F)cs1. The zero-order chi connectivity index (χ0) is 19.2. The first-order valence-corrected chi connectivity index (χ1v) is 8.84. The standard InChI is InChI=1S/C17H22F3N5S/c1-21-16(23-9-15-24-14(11-26-15)17(18,19)20)22-8-12-4-6-13(7-5-12)10-25(2)3/h4-7,11H,8-10H2,1-3H3,(H2,21,22,23). The summed E-state index contributed by atoms with van der Waals surface area (Å²) >= 11 is 0.969. The van der Waals surface area contributed by atoms with Crippen molar-refractivity contribution in [3.8, 4) is 0 Å². The van der Waals surface area contributed by atoms with E-state index in [0.717, 1.165) is 28.8 Å². The highest BCUT2D eigenvalue weighted by atomic mass is 32.1. The molecule has 0 unspecified atom stereocenters. The van der Waals surface area contributed by atoms with Gasteiger partial charge in [-0.2, -0.15) is 13.2 Å². The number of alkyl halides is 3. The van der Waals surface area contributed by atoms with E-state index in [9.17, 15) is 13.2 Å². The van der Waals surface area contributed by atoms with Crippen LogP contribution in [0.2, 0.25) is 0 Å². The number of hydrogen-bond acceptors (Lipinski definition) is 4. The van der Waals surface area contributed by atoms with Crippen LogP contribution in [-0.2, 0) is 25.8 Å². The van der Waals surface area contributed by atoms with Gasteiger partial charge < -0.3 is 15.5 Å². The van der Waals surface area contributed by atoms with Gasteiger partial charge in [-0.05, 0) is 25.2 Å². The van der Waals surface area contributed by atoms with Crippen molar-refractivity contribution in [2.75, 3.05) is 21.1 Å². The topological polar surface area (TPSA) is 52.6 Å². The summed E-state index contributed by atoms with van der Waals surface area (Å²) in [6.45, 7) is 1.63. The fraction of sp³-hybridized carbons (Fsp3) is 0.412. The van der Waals surface area contributed by atoms with Gasteiger partial charge in [0.2, 0.25) is 0 Å². The molecule has 9 heteroatoms. The Hall–Kier alpha value is -2.13. The number of thiazole rings is 1. The third-order valence-electron chi connectivity index (χ3n) is 3.45. The summed E-state index contributed by atoms with van der Waals surface area (Å²) in [6.07, 6.45) is -4.41. The van der Waals surface area contributed by atoms with E-state index in [0.29, 0.717) is 17.5 Å². The van der Waals surface area contributed by atoms with Gasteiger partial charge in [0.05, 0.1) is 6.54 Å². The molecule has 142 valence electrons. The van der Waals surface area contributed by atoms with E-state index in [2.05, 4.69) is 37.6 Å². The van der Waals surface area contributed by atoms with Gasteiger partial charge in [0.1, 0.15) is 5.01 Å². The van der Waals surface area contributed by atoms with Crippen molar-refractivity contribution in [3.63, 3.8) is 0 Å². The summed E-state index contributed by atoms with van der Waals surface area (Å²) in [6, 6.07) is 8.22. The second-order valence-electron chi connectivity index (χ2n) is 5.96. The van der Waals surface area contributed by atoms with E-state index in [4.69, 9.17) is 0 Å². The number of nitrogens with one attached hydrogen (secondary N) is 2. The van der Waals surface area contributed by atoms with Crippen LogP contribution in [0, 0.1) is 0 Å². The molecule has 2 N–H and O–H groups in total. The summed E-state index contributed by atoms with van der Waals surface area (Å²) in [4.78, 5) is 9.76. The third kappa shape index (κ3) is 6.30. The largest absolute Gasteiger partial charge is 0.434 e. The van der Waals surface area contributed by atoms with Crippen LogP contribution in [0.25, 0.3) is 0 Å². The minimum absolute atomic E-state index is 0.183.